The lowest BCUT2D eigenvalue weighted by Gasteiger charge is -2.48. The van der Waals surface area contributed by atoms with Gasteiger partial charge in [-0.05, 0) is 92.3 Å². The fraction of sp³-hybridized carbons (Fsp3) is 0.306. The Labute approximate surface area is 275 Å². The highest BCUT2D eigenvalue weighted by Gasteiger charge is 2.56. The Morgan fingerprint density at radius 2 is 1.18 bits per heavy atom. The van der Waals surface area contributed by atoms with E-state index in [0.717, 1.165) is 16.7 Å². The van der Waals surface area contributed by atoms with Crippen molar-refractivity contribution in [3.05, 3.63) is 129 Å². The first-order valence-electron chi connectivity index (χ1n) is 15.0. The maximum atomic E-state index is 14.7. The van der Waals surface area contributed by atoms with Crippen molar-refractivity contribution in [2.75, 3.05) is 0 Å². The molecule has 0 heterocycles. The van der Waals surface area contributed by atoms with E-state index in [-0.39, 0.29) is 34.8 Å². The second-order valence-electron chi connectivity index (χ2n) is 12.5. The largest absolute Gasteiger partial charge is 0.299 e. The lowest BCUT2D eigenvalue weighted by Crippen LogP contribution is -2.53. The van der Waals surface area contributed by atoms with Crippen LogP contribution in [-0.4, -0.2) is 33.1 Å². The van der Waals surface area contributed by atoms with Crippen LogP contribution in [0.15, 0.2) is 107 Å². The van der Waals surface area contributed by atoms with Crippen LogP contribution < -0.4 is 0 Å². The van der Waals surface area contributed by atoms with Crippen LogP contribution in [-0.2, 0) is 24.5 Å². The smallest absolute Gasteiger partial charge is 0.182 e. The second kappa shape index (κ2) is 12.3. The molecule has 45 heavy (non-hydrogen) atoms. The zero-order chi connectivity index (χ0) is 32.1. The van der Waals surface area contributed by atoms with Crippen LogP contribution in [0.25, 0.3) is 0 Å². The molecule has 5 nitrogen and oxygen atoms in total. The van der Waals surface area contributed by atoms with Crippen molar-refractivity contribution in [3.8, 4) is 0 Å². The van der Waals surface area contributed by atoms with Crippen LogP contribution in [0.5, 0.6) is 0 Å². The molecule has 2 fully saturated rings. The number of fused-ring (bicyclic) bond motifs is 1. The van der Waals surface area contributed by atoms with Gasteiger partial charge in [-0.1, -0.05) is 82.9 Å². The molecule has 6 atom stereocenters. The van der Waals surface area contributed by atoms with E-state index in [2.05, 4.69) is 0 Å². The van der Waals surface area contributed by atoms with Crippen molar-refractivity contribution in [1.29, 1.82) is 0 Å². The van der Waals surface area contributed by atoms with Gasteiger partial charge in [0.25, 0.3) is 0 Å². The number of aryl methyl sites for hydroxylation is 2. The topological polar surface area (TPSA) is 85.3 Å². The summed E-state index contributed by atoms with van der Waals surface area (Å²) in [6.07, 6.45) is 0.249. The number of halogens is 2. The van der Waals surface area contributed by atoms with Gasteiger partial charge in [-0.25, -0.2) is 16.8 Å². The van der Waals surface area contributed by atoms with E-state index in [1.165, 1.54) is 12.1 Å². The maximum Gasteiger partial charge on any atom is 0.182 e. The molecule has 0 aromatic heterocycles. The summed E-state index contributed by atoms with van der Waals surface area (Å²) in [5.41, 5.74) is 3.46. The highest BCUT2D eigenvalue weighted by atomic mass is 35.5. The van der Waals surface area contributed by atoms with Gasteiger partial charge in [0.1, 0.15) is 5.78 Å². The lowest BCUT2D eigenvalue weighted by molar-refractivity contribution is -0.128. The number of benzene rings is 4. The van der Waals surface area contributed by atoms with Gasteiger partial charge in [-0.15, -0.1) is 0 Å². The van der Waals surface area contributed by atoms with E-state index >= 15 is 0 Å². The minimum atomic E-state index is -3.96. The molecule has 4 aromatic carbocycles. The summed E-state index contributed by atoms with van der Waals surface area (Å²) in [5, 5.41) is -0.985. The molecule has 0 bridgehead atoms. The molecule has 0 radical (unpaired) electrons. The van der Waals surface area contributed by atoms with Gasteiger partial charge < -0.3 is 0 Å². The molecule has 2 aliphatic carbocycles. The van der Waals surface area contributed by atoms with Gasteiger partial charge in [0, 0.05) is 34.2 Å². The highest BCUT2D eigenvalue weighted by Crippen LogP contribution is 2.54. The highest BCUT2D eigenvalue weighted by molar-refractivity contribution is 7.92. The van der Waals surface area contributed by atoms with Crippen LogP contribution in [0.3, 0.4) is 0 Å². The summed E-state index contributed by atoms with van der Waals surface area (Å²) in [6, 6.07) is 27.7. The summed E-state index contributed by atoms with van der Waals surface area (Å²) < 4.78 is 57.9. The van der Waals surface area contributed by atoms with Crippen molar-refractivity contribution < 1.29 is 21.6 Å². The van der Waals surface area contributed by atoms with Crippen molar-refractivity contribution in [1.82, 2.24) is 0 Å². The average molecular weight is 682 g/mol. The molecular formula is C36H34Cl2O5S2. The molecule has 0 aliphatic heterocycles. The molecule has 0 saturated heterocycles. The molecule has 0 spiro atoms. The number of carbonyl (C=O) groups is 1. The maximum absolute atomic E-state index is 14.7. The van der Waals surface area contributed by atoms with Crippen molar-refractivity contribution in [3.63, 3.8) is 0 Å². The minimum absolute atomic E-state index is 0.0137. The SMILES string of the molecule is Cc1ccc(C2C[C@@H]3C(S(=O)(=O)c4ccc(C)cc4)C(c4cccc(Cl)c4)CC(=O)[C@@H]3CC2S(=O)(=O)c2ccc(Cl)cc2)cc1. The Morgan fingerprint density at radius 3 is 1.80 bits per heavy atom. The van der Waals surface area contributed by atoms with Gasteiger partial charge >= 0.3 is 0 Å². The second-order valence-corrected chi connectivity index (χ2v) is 17.6. The number of sulfone groups is 2. The Bertz CT molecular complexity index is 1940. The van der Waals surface area contributed by atoms with Crippen molar-refractivity contribution in [2.45, 2.75) is 65.2 Å². The molecule has 2 saturated carbocycles. The Morgan fingerprint density at radius 1 is 0.600 bits per heavy atom. The molecule has 234 valence electrons. The Kier molecular flexibility index (Phi) is 8.76. The van der Waals surface area contributed by atoms with E-state index in [4.69, 9.17) is 23.2 Å². The van der Waals surface area contributed by atoms with E-state index < -0.39 is 53.8 Å². The molecule has 6 rings (SSSR count). The zero-order valence-electron chi connectivity index (χ0n) is 24.9. The van der Waals surface area contributed by atoms with Crippen LogP contribution in [0, 0.1) is 25.7 Å². The number of hydrogen-bond acceptors (Lipinski definition) is 5. The van der Waals surface area contributed by atoms with E-state index in [1.807, 2.05) is 44.2 Å². The van der Waals surface area contributed by atoms with Crippen LogP contribution >= 0.6 is 23.2 Å². The summed E-state index contributed by atoms with van der Waals surface area (Å²) in [6.45, 7) is 3.86. The molecule has 9 heteroatoms. The Balaban J connectivity index is 1.51. The minimum Gasteiger partial charge on any atom is -0.299 e. The van der Waals surface area contributed by atoms with Crippen molar-refractivity contribution >= 4 is 48.7 Å². The first-order valence-corrected chi connectivity index (χ1v) is 18.9. The van der Waals surface area contributed by atoms with Gasteiger partial charge in [-0.2, -0.15) is 0 Å². The molecule has 0 N–H and O–H groups in total. The van der Waals surface area contributed by atoms with Gasteiger partial charge in [-0.3, -0.25) is 4.79 Å². The van der Waals surface area contributed by atoms with Crippen LogP contribution in [0.4, 0.5) is 0 Å². The average Bonchev–Trinajstić information content (AvgIpc) is 3.01. The number of carbonyl (C=O) groups excluding carboxylic acids is 1. The van der Waals surface area contributed by atoms with Crippen LogP contribution in [0.2, 0.25) is 10.0 Å². The molecular weight excluding hydrogens is 647 g/mol. The normalized spacial score (nSPS) is 25.5. The van der Waals surface area contributed by atoms with Gasteiger partial charge in [0.05, 0.1) is 20.3 Å². The number of hydrogen-bond donors (Lipinski definition) is 0. The molecule has 4 unspecified atom stereocenters. The van der Waals surface area contributed by atoms with Gasteiger partial charge in [0.2, 0.25) is 0 Å². The quantitative estimate of drug-likeness (QED) is 0.205. The zero-order valence-corrected chi connectivity index (χ0v) is 28.1. The number of rotatable bonds is 6. The molecule has 4 aromatic rings. The van der Waals surface area contributed by atoms with E-state index in [0.29, 0.717) is 15.6 Å². The van der Waals surface area contributed by atoms with E-state index in [1.54, 1.807) is 54.6 Å². The fourth-order valence-corrected chi connectivity index (χ4v) is 12.0. The number of ketones is 1. The third kappa shape index (κ3) is 6.12. The van der Waals surface area contributed by atoms with Gasteiger partial charge in [0.15, 0.2) is 19.7 Å². The first kappa shape index (κ1) is 32.0. The molecule has 2 aliphatic rings. The molecule has 0 amide bonds. The summed E-state index contributed by atoms with van der Waals surface area (Å²) in [4.78, 5) is 14.4. The fourth-order valence-electron chi connectivity index (χ4n) is 7.40. The predicted molar refractivity (Wildman–Crippen MR) is 179 cm³/mol. The standard InChI is InChI=1S/C36H34Cl2O5S2/c1-22-6-10-24(11-7-22)30-19-33-32(21-35(30)44(40,41)28-16-12-26(37)13-17-28)34(39)20-31(25-4-3-5-27(38)18-25)36(33)45(42,43)29-14-8-23(2)9-15-29/h3-18,30-33,35-36H,19-21H2,1-2H3/t30?,31?,32-,33+,35?,36?/m1/s1. The summed E-state index contributed by atoms with van der Waals surface area (Å²) in [5.74, 6) is -2.62. The number of Topliss-reactive ketones (excluding diaryl/α,β-unsaturated/α-hetero) is 1. The Hall–Kier alpha value is -2.97. The first-order chi connectivity index (χ1) is 21.4. The van der Waals surface area contributed by atoms with E-state index in [9.17, 15) is 21.6 Å². The third-order valence-corrected chi connectivity index (χ3v) is 14.7. The monoisotopic (exact) mass is 680 g/mol. The van der Waals surface area contributed by atoms with Crippen molar-refractivity contribution in [2.24, 2.45) is 11.8 Å². The summed E-state index contributed by atoms with van der Waals surface area (Å²) >= 11 is 12.5. The third-order valence-electron chi connectivity index (χ3n) is 9.66. The predicted octanol–water partition coefficient (Wildman–Crippen LogP) is 8.16. The van der Waals surface area contributed by atoms with Crippen LogP contribution in [0.1, 0.15) is 53.4 Å². The summed E-state index contributed by atoms with van der Waals surface area (Å²) in [7, 11) is -7.88. The lowest BCUT2D eigenvalue weighted by atomic mass is 9.61.